The van der Waals surface area contributed by atoms with Crippen molar-refractivity contribution in [2.24, 2.45) is 0 Å². The molecule has 5 rings (SSSR count). The third kappa shape index (κ3) is 3.47. The lowest BCUT2D eigenvalue weighted by molar-refractivity contribution is 0.785. The summed E-state index contributed by atoms with van der Waals surface area (Å²) in [5.74, 6) is 2.85. The molecule has 1 aliphatic heterocycles. The fourth-order valence-electron chi connectivity index (χ4n) is 3.79. The topological polar surface area (TPSA) is 58.0 Å². The minimum Gasteiger partial charge on any atom is -0.354 e. The Labute approximate surface area is 177 Å². The van der Waals surface area contributed by atoms with Gasteiger partial charge in [0.05, 0.1) is 10.3 Å². The number of anilines is 2. The second-order valence-corrected chi connectivity index (χ2v) is 9.37. The molecule has 0 aliphatic carbocycles. The Morgan fingerprint density at radius 1 is 0.966 bits per heavy atom. The summed E-state index contributed by atoms with van der Waals surface area (Å²) in [7, 11) is 0. The second kappa shape index (κ2) is 7.68. The number of hydrogen-bond donors (Lipinski definition) is 0. The molecule has 0 spiro atoms. The first kappa shape index (κ1) is 18.4. The van der Waals surface area contributed by atoms with Gasteiger partial charge >= 0.3 is 0 Å². The molecular formula is C21H22N6S2. The van der Waals surface area contributed by atoms with E-state index in [1.807, 2.05) is 12.1 Å². The van der Waals surface area contributed by atoms with Crippen LogP contribution in [0, 0.1) is 13.8 Å². The third-order valence-corrected chi connectivity index (χ3v) is 7.40. The predicted octanol–water partition coefficient (Wildman–Crippen LogP) is 4.54. The van der Waals surface area contributed by atoms with Gasteiger partial charge in [-0.25, -0.2) is 9.97 Å². The molecular weight excluding hydrogens is 400 g/mol. The highest BCUT2D eigenvalue weighted by atomic mass is 32.1. The fourth-order valence-corrected chi connectivity index (χ4v) is 5.48. The molecule has 1 saturated heterocycles. The van der Waals surface area contributed by atoms with Crippen LogP contribution in [0.25, 0.3) is 20.9 Å². The van der Waals surface area contributed by atoms with Crippen LogP contribution in [0.1, 0.15) is 16.9 Å². The van der Waals surface area contributed by atoms with Crippen LogP contribution in [-0.4, -0.2) is 46.3 Å². The van der Waals surface area contributed by atoms with Crippen molar-refractivity contribution in [3.63, 3.8) is 0 Å². The van der Waals surface area contributed by atoms with Gasteiger partial charge in [-0.05, 0) is 49.4 Å². The molecule has 6 nitrogen and oxygen atoms in total. The molecule has 148 valence electrons. The molecule has 0 unspecified atom stereocenters. The van der Waals surface area contributed by atoms with Crippen LogP contribution in [0.3, 0.4) is 0 Å². The highest BCUT2D eigenvalue weighted by Gasteiger charge is 2.23. The van der Waals surface area contributed by atoms with Crippen LogP contribution in [0.4, 0.5) is 11.6 Å². The smallest absolute Gasteiger partial charge is 0.173 e. The Bertz CT molecular complexity index is 1120. The van der Waals surface area contributed by atoms with Crippen molar-refractivity contribution in [1.29, 1.82) is 0 Å². The van der Waals surface area contributed by atoms with E-state index in [1.54, 1.807) is 28.9 Å². The van der Waals surface area contributed by atoms with E-state index in [1.165, 1.54) is 15.8 Å². The zero-order valence-electron chi connectivity index (χ0n) is 16.5. The van der Waals surface area contributed by atoms with Crippen molar-refractivity contribution in [1.82, 2.24) is 20.2 Å². The van der Waals surface area contributed by atoms with Gasteiger partial charge in [-0.2, -0.15) is 5.10 Å². The van der Waals surface area contributed by atoms with Crippen LogP contribution in [-0.2, 0) is 0 Å². The van der Waals surface area contributed by atoms with Crippen molar-refractivity contribution in [3.8, 4) is 10.7 Å². The molecule has 4 aromatic heterocycles. The molecule has 1 fully saturated rings. The van der Waals surface area contributed by atoms with E-state index in [4.69, 9.17) is 9.97 Å². The lowest BCUT2D eigenvalue weighted by Crippen LogP contribution is -2.31. The molecule has 0 atom stereocenters. The van der Waals surface area contributed by atoms with E-state index in [-0.39, 0.29) is 0 Å². The SMILES string of the molecule is Cc1sc2nc(-c3cccs3)nc(N3CCCN(c4cccnn4)CC3)c2c1C. The minimum absolute atomic E-state index is 0.832. The average molecular weight is 423 g/mol. The number of aryl methyl sites for hydroxylation is 2. The lowest BCUT2D eigenvalue weighted by atomic mass is 10.2. The fraction of sp³-hybridized carbons (Fsp3) is 0.333. The number of hydrogen-bond acceptors (Lipinski definition) is 8. The Morgan fingerprint density at radius 3 is 2.62 bits per heavy atom. The highest BCUT2D eigenvalue weighted by molar-refractivity contribution is 7.19. The van der Waals surface area contributed by atoms with Crippen molar-refractivity contribution in [2.45, 2.75) is 20.3 Å². The van der Waals surface area contributed by atoms with Gasteiger partial charge in [0, 0.05) is 37.3 Å². The van der Waals surface area contributed by atoms with Gasteiger partial charge in [0.15, 0.2) is 11.6 Å². The summed E-state index contributed by atoms with van der Waals surface area (Å²) >= 11 is 3.46. The molecule has 5 heterocycles. The van der Waals surface area contributed by atoms with Gasteiger partial charge in [0.1, 0.15) is 10.6 Å². The first-order valence-corrected chi connectivity index (χ1v) is 11.5. The molecule has 4 aromatic rings. The molecule has 0 aromatic carbocycles. The average Bonchev–Trinajstić information content (AvgIpc) is 3.30. The van der Waals surface area contributed by atoms with E-state index in [9.17, 15) is 0 Å². The standard InChI is InChI=1S/C21H22N6S2/c1-14-15(2)29-21-18(14)20(23-19(24-21)16-6-4-13-28-16)27-10-5-9-26(11-12-27)17-7-3-8-22-25-17/h3-4,6-8,13H,5,9-12H2,1-2H3. The normalized spacial score (nSPS) is 15.1. The third-order valence-electron chi connectivity index (χ3n) is 5.43. The number of nitrogens with zero attached hydrogens (tertiary/aromatic N) is 6. The largest absolute Gasteiger partial charge is 0.354 e. The van der Waals surface area contributed by atoms with Crippen LogP contribution in [0.2, 0.25) is 0 Å². The minimum atomic E-state index is 0.832. The van der Waals surface area contributed by atoms with Crippen molar-refractivity contribution >= 4 is 44.5 Å². The van der Waals surface area contributed by atoms with Crippen molar-refractivity contribution < 1.29 is 0 Å². The van der Waals surface area contributed by atoms with Gasteiger partial charge in [-0.15, -0.1) is 27.8 Å². The zero-order valence-corrected chi connectivity index (χ0v) is 18.1. The van der Waals surface area contributed by atoms with Gasteiger partial charge in [-0.1, -0.05) is 6.07 Å². The van der Waals surface area contributed by atoms with Crippen molar-refractivity contribution in [2.75, 3.05) is 36.0 Å². The summed E-state index contributed by atoms with van der Waals surface area (Å²) in [5, 5.41) is 11.6. The molecule has 0 saturated carbocycles. The van der Waals surface area contributed by atoms with Crippen LogP contribution in [0.5, 0.6) is 0 Å². The van der Waals surface area contributed by atoms with E-state index in [0.717, 1.165) is 59.8 Å². The Morgan fingerprint density at radius 2 is 1.83 bits per heavy atom. The number of aromatic nitrogens is 4. The molecule has 0 amide bonds. The summed E-state index contributed by atoms with van der Waals surface area (Å²) in [4.78, 5) is 18.2. The van der Waals surface area contributed by atoms with E-state index in [0.29, 0.717) is 0 Å². The van der Waals surface area contributed by atoms with E-state index in [2.05, 4.69) is 51.4 Å². The van der Waals surface area contributed by atoms with Gasteiger partial charge < -0.3 is 9.80 Å². The Kier molecular flexibility index (Phi) is 4.89. The quantitative estimate of drug-likeness (QED) is 0.483. The maximum absolute atomic E-state index is 5.07. The van der Waals surface area contributed by atoms with Gasteiger partial charge in [0.25, 0.3) is 0 Å². The Balaban J connectivity index is 1.53. The summed E-state index contributed by atoms with van der Waals surface area (Å²) in [6.07, 6.45) is 2.78. The number of fused-ring (bicyclic) bond motifs is 1. The van der Waals surface area contributed by atoms with Crippen LogP contribution >= 0.6 is 22.7 Å². The summed E-state index contributed by atoms with van der Waals surface area (Å²) in [6, 6.07) is 8.14. The van der Waals surface area contributed by atoms with Gasteiger partial charge in [-0.3, -0.25) is 0 Å². The van der Waals surface area contributed by atoms with Crippen molar-refractivity contribution in [3.05, 3.63) is 46.3 Å². The first-order valence-electron chi connectivity index (χ1n) is 9.80. The molecule has 0 radical (unpaired) electrons. The first-order chi connectivity index (χ1) is 14.2. The molecule has 1 aliphatic rings. The summed E-state index contributed by atoms with van der Waals surface area (Å²) < 4.78 is 0. The number of thiophene rings is 2. The predicted molar refractivity (Wildman–Crippen MR) is 121 cm³/mol. The molecule has 8 heteroatoms. The van der Waals surface area contributed by atoms with E-state index >= 15 is 0 Å². The molecule has 0 bridgehead atoms. The maximum atomic E-state index is 5.07. The lowest BCUT2D eigenvalue weighted by Gasteiger charge is -2.24. The molecule has 0 N–H and O–H groups in total. The summed E-state index contributed by atoms with van der Waals surface area (Å²) in [5.41, 5.74) is 1.30. The molecule has 29 heavy (non-hydrogen) atoms. The second-order valence-electron chi connectivity index (χ2n) is 7.22. The monoisotopic (exact) mass is 422 g/mol. The van der Waals surface area contributed by atoms with Gasteiger partial charge in [0.2, 0.25) is 0 Å². The highest BCUT2D eigenvalue weighted by Crippen LogP contribution is 2.37. The summed E-state index contributed by atoms with van der Waals surface area (Å²) in [6.45, 7) is 8.12. The zero-order chi connectivity index (χ0) is 19.8. The van der Waals surface area contributed by atoms with Crippen LogP contribution in [0.15, 0.2) is 35.8 Å². The Hall–Kier alpha value is -2.58. The number of rotatable bonds is 3. The van der Waals surface area contributed by atoms with E-state index < -0.39 is 0 Å². The van der Waals surface area contributed by atoms with Crippen LogP contribution < -0.4 is 9.80 Å². The maximum Gasteiger partial charge on any atom is 0.173 e.